The number of fused-ring (bicyclic) bond motifs is 2. The van der Waals surface area contributed by atoms with Gasteiger partial charge < -0.3 is 19.1 Å². The van der Waals surface area contributed by atoms with E-state index < -0.39 is 11.7 Å². The molecule has 1 fully saturated rings. The van der Waals surface area contributed by atoms with Crippen LogP contribution in [0.4, 0.5) is 0 Å². The van der Waals surface area contributed by atoms with E-state index in [1.165, 1.54) is 11.3 Å². The second-order valence-electron chi connectivity index (χ2n) is 7.18. The Labute approximate surface area is 168 Å². The van der Waals surface area contributed by atoms with Gasteiger partial charge in [-0.15, -0.1) is 11.3 Å². The van der Waals surface area contributed by atoms with Crippen molar-refractivity contribution in [2.24, 2.45) is 0 Å². The molecule has 9 heteroatoms. The van der Waals surface area contributed by atoms with Gasteiger partial charge in [0.25, 0.3) is 11.8 Å². The Kier molecular flexibility index (Phi) is 5.20. The summed E-state index contributed by atoms with van der Waals surface area (Å²) in [6.07, 6.45) is 4.37. The van der Waals surface area contributed by atoms with Crippen molar-refractivity contribution in [3.63, 3.8) is 0 Å². The molecule has 8 nitrogen and oxygen atoms in total. The number of amides is 2. The predicted octanol–water partition coefficient (Wildman–Crippen LogP) is 1.74. The van der Waals surface area contributed by atoms with Gasteiger partial charge in [0.1, 0.15) is 17.1 Å². The number of rotatable bonds is 4. The number of thiazole rings is 1. The molecule has 4 rings (SSSR count). The molecule has 0 aromatic carbocycles. The first-order chi connectivity index (χ1) is 13.6. The molecule has 2 aromatic heterocycles. The topological polar surface area (TPSA) is 80.6 Å². The first kappa shape index (κ1) is 19.1. The van der Waals surface area contributed by atoms with Crippen LogP contribution in [0.5, 0.6) is 0 Å². The molecule has 1 saturated heterocycles. The molecule has 28 heavy (non-hydrogen) atoms. The molecule has 0 saturated carbocycles. The van der Waals surface area contributed by atoms with E-state index in [1.54, 1.807) is 22.0 Å². The molecule has 0 N–H and O–H groups in total. The minimum absolute atomic E-state index is 0.0182. The Hall–Kier alpha value is -2.26. The number of ether oxygens (including phenoxy) is 1. The Morgan fingerprint density at radius 2 is 2.04 bits per heavy atom. The van der Waals surface area contributed by atoms with Crippen molar-refractivity contribution in [1.29, 1.82) is 0 Å². The van der Waals surface area contributed by atoms with Crippen LogP contribution in [-0.4, -0.2) is 68.4 Å². The first-order valence-electron chi connectivity index (χ1n) is 9.73. The van der Waals surface area contributed by atoms with Crippen LogP contribution < -0.4 is 0 Å². The van der Waals surface area contributed by atoms with Crippen LogP contribution in [0, 0.1) is 0 Å². The lowest BCUT2D eigenvalue weighted by Gasteiger charge is -2.46. The summed E-state index contributed by atoms with van der Waals surface area (Å²) < 4.78 is 8.47. The summed E-state index contributed by atoms with van der Waals surface area (Å²) in [6.45, 7) is 6.86. The normalized spacial score (nSPS) is 20.8. The number of likely N-dealkylation sites (N-methyl/N-ethyl adjacent to an activating group) is 1. The minimum atomic E-state index is -0.631. The lowest BCUT2D eigenvalue weighted by Crippen LogP contribution is -2.55. The second kappa shape index (κ2) is 7.63. The Morgan fingerprint density at radius 1 is 1.29 bits per heavy atom. The van der Waals surface area contributed by atoms with E-state index in [2.05, 4.69) is 9.97 Å². The summed E-state index contributed by atoms with van der Waals surface area (Å²) >= 11 is 1.42. The number of likely N-dealkylation sites (tertiary alicyclic amines) is 1. The van der Waals surface area contributed by atoms with Gasteiger partial charge in [0, 0.05) is 56.8 Å². The fourth-order valence-corrected chi connectivity index (χ4v) is 4.68. The number of carbonyl (C=O) groups is 2. The highest BCUT2D eigenvalue weighted by Crippen LogP contribution is 2.40. The SMILES string of the molecule is CCN(CC)C(=O)C1Cn2ccnc2C2(CCN(C(=O)c3cscn3)CC2)O1. The molecule has 1 unspecified atom stereocenters. The third-order valence-electron chi connectivity index (χ3n) is 5.71. The maximum atomic E-state index is 12.9. The van der Waals surface area contributed by atoms with Crippen molar-refractivity contribution in [3.8, 4) is 0 Å². The Bertz CT molecular complexity index is 838. The zero-order valence-electron chi connectivity index (χ0n) is 16.2. The van der Waals surface area contributed by atoms with Crippen molar-refractivity contribution in [2.75, 3.05) is 26.2 Å². The van der Waals surface area contributed by atoms with Crippen molar-refractivity contribution < 1.29 is 14.3 Å². The van der Waals surface area contributed by atoms with Crippen LogP contribution in [0.25, 0.3) is 0 Å². The number of aromatic nitrogens is 3. The van der Waals surface area contributed by atoms with Crippen molar-refractivity contribution in [3.05, 3.63) is 34.8 Å². The van der Waals surface area contributed by atoms with Gasteiger partial charge >= 0.3 is 0 Å². The largest absolute Gasteiger partial charge is 0.352 e. The molecule has 2 aliphatic heterocycles. The fraction of sp³-hybridized carbons (Fsp3) is 0.579. The Balaban J connectivity index is 1.54. The van der Waals surface area contributed by atoms with Crippen LogP contribution in [-0.2, 0) is 21.7 Å². The standard InChI is InChI=1S/C19H25N5O3S/c1-3-22(4-2)17(26)15-11-24-10-7-20-18(24)19(27-15)5-8-23(9-6-19)16(25)14-12-28-13-21-14/h7,10,12-13,15H,3-6,8-9,11H2,1-2H3. The van der Waals surface area contributed by atoms with Crippen LogP contribution >= 0.6 is 11.3 Å². The maximum absolute atomic E-state index is 12.9. The molecule has 4 heterocycles. The van der Waals surface area contributed by atoms with Gasteiger partial charge in [0.05, 0.1) is 12.1 Å². The average Bonchev–Trinajstić information content (AvgIpc) is 3.41. The zero-order valence-corrected chi connectivity index (χ0v) is 17.0. The van der Waals surface area contributed by atoms with E-state index in [0.717, 1.165) is 5.82 Å². The van der Waals surface area contributed by atoms with Gasteiger partial charge in [0.15, 0.2) is 6.10 Å². The number of hydrogen-bond donors (Lipinski definition) is 0. The molecular weight excluding hydrogens is 378 g/mol. The molecule has 0 radical (unpaired) electrons. The van der Waals surface area contributed by atoms with Crippen LogP contribution in [0.2, 0.25) is 0 Å². The lowest BCUT2D eigenvalue weighted by atomic mass is 9.88. The molecular formula is C19H25N5O3S. The smallest absolute Gasteiger partial charge is 0.273 e. The maximum Gasteiger partial charge on any atom is 0.273 e. The summed E-state index contributed by atoms with van der Waals surface area (Å²) in [6, 6.07) is 0. The average molecular weight is 404 g/mol. The zero-order chi connectivity index (χ0) is 19.7. The van der Waals surface area contributed by atoms with Crippen LogP contribution in [0.3, 0.4) is 0 Å². The van der Waals surface area contributed by atoms with Gasteiger partial charge in [-0.1, -0.05) is 0 Å². The summed E-state index contributed by atoms with van der Waals surface area (Å²) in [4.78, 5) is 37.8. The summed E-state index contributed by atoms with van der Waals surface area (Å²) in [5.41, 5.74) is 1.53. The second-order valence-corrected chi connectivity index (χ2v) is 7.90. The molecule has 1 spiro atoms. The van der Waals surface area contributed by atoms with Gasteiger partial charge in [0.2, 0.25) is 0 Å². The molecule has 1 atom stereocenters. The van der Waals surface area contributed by atoms with Crippen LogP contribution in [0.1, 0.15) is 43.0 Å². The molecule has 150 valence electrons. The highest BCUT2D eigenvalue weighted by atomic mass is 32.1. The first-order valence-corrected chi connectivity index (χ1v) is 10.7. The lowest BCUT2D eigenvalue weighted by molar-refractivity contribution is -0.179. The van der Waals surface area contributed by atoms with Crippen molar-refractivity contribution >= 4 is 23.2 Å². The minimum Gasteiger partial charge on any atom is -0.352 e. The van der Waals surface area contributed by atoms with Gasteiger partial charge in [-0.2, -0.15) is 0 Å². The van der Waals surface area contributed by atoms with Gasteiger partial charge in [-0.3, -0.25) is 9.59 Å². The number of imidazole rings is 1. The van der Waals surface area contributed by atoms with E-state index in [4.69, 9.17) is 4.74 Å². The number of nitrogens with zero attached hydrogens (tertiary/aromatic N) is 5. The van der Waals surface area contributed by atoms with Crippen LogP contribution in [0.15, 0.2) is 23.3 Å². The van der Waals surface area contributed by atoms with E-state index in [-0.39, 0.29) is 11.8 Å². The van der Waals surface area contributed by atoms with Gasteiger partial charge in [-0.05, 0) is 13.8 Å². The predicted molar refractivity (Wildman–Crippen MR) is 104 cm³/mol. The third-order valence-corrected chi connectivity index (χ3v) is 6.30. The number of piperidine rings is 1. The molecule has 2 amide bonds. The van der Waals surface area contributed by atoms with Crippen molar-refractivity contribution in [1.82, 2.24) is 24.3 Å². The van der Waals surface area contributed by atoms with Gasteiger partial charge in [-0.25, -0.2) is 9.97 Å². The third kappa shape index (κ3) is 3.22. The molecule has 0 bridgehead atoms. The van der Waals surface area contributed by atoms with E-state index in [1.807, 2.05) is 29.5 Å². The fourth-order valence-electron chi connectivity index (χ4n) is 4.16. The van der Waals surface area contributed by atoms with E-state index in [0.29, 0.717) is 51.3 Å². The van der Waals surface area contributed by atoms with Crippen molar-refractivity contribution in [2.45, 2.75) is 44.9 Å². The monoisotopic (exact) mass is 403 g/mol. The highest BCUT2D eigenvalue weighted by Gasteiger charge is 2.48. The molecule has 0 aliphatic carbocycles. The summed E-state index contributed by atoms with van der Waals surface area (Å²) in [5, 5.41) is 1.77. The van der Waals surface area contributed by atoms with E-state index >= 15 is 0 Å². The number of hydrogen-bond acceptors (Lipinski definition) is 6. The van der Waals surface area contributed by atoms with E-state index in [9.17, 15) is 9.59 Å². The summed E-state index contributed by atoms with van der Waals surface area (Å²) in [5.74, 6) is 0.826. The molecule has 2 aromatic rings. The Morgan fingerprint density at radius 3 is 2.68 bits per heavy atom. The summed E-state index contributed by atoms with van der Waals surface area (Å²) in [7, 11) is 0. The quantitative estimate of drug-likeness (QED) is 0.777. The molecule has 2 aliphatic rings. The highest BCUT2D eigenvalue weighted by molar-refractivity contribution is 7.07. The number of carbonyl (C=O) groups excluding carboxylic acids is 2.